The molecule has 0 saturated heterocycles. The average molecular weight is 225 g/mol. The van der Waals surface area contributed by atoms with Crippen molar-refractivity contribution in [3.05, 3.63) is 0 Å². The molecule has 0 atom stereocenters. The minimum absolute atomic E-state index is 0. The van der Waals surface area contributed by atoms with Crippen molar-refractivity contribution in [3.8, 4) is 0 Å². The van der Waals surface area contributed by atoms with E-state index in [4.69, 9.17) is 0 Å². The molecule has 6 heavy (non-hydrogen) atoms. The van der Waals surface area contributed by atoms with E-state index in [9.17, 15) is 0 Å². The van der Waals surface area contributed by atoms with E-state index in [2.05, 4.69) is 0 Å². The van der Waals surface area contributed by atoms with Gasteiger partial charge in [0.1, 0.15) is 0 Å². The third kappa shape index (κ3) is 54.6. The van der Waals surface area contributed by atoms with Crippen LogP contribution in [0.2, 0.25) is 0 Å². The van der Waals surface area contributed by atoms with Crippen LogP contribution in [0.25, 0.3) is 0 Å². The molecule has 0 aliphatic rings. The molecule has 8 N–H and O–H groups in total. The molecule has 0 amide bonds. The second-order valence-corrected chi connectivity index (χ2v) is 0. The first-order chi connectivity index (χ1) is 0. The zero-order chi connectivity index (χ0) is 0. The summed E-state index contributed by atoms with van der Waals surface area (Å²) in [5, 5.41) is 0. The molecule has 0 bridgehead atoms. The predicted molar refractivity (Wildman–Crippen MR) is 20.5 cm³/mol. The van der Waals surface area contributed by atoms with Gasteiger partial charge in [-0.15, -0.1) is 0 Å². The first-order valence-corrected chi connectivity index (χ1v) is 0. The SMILES string of the molecule is O.O.O.[Ba+2].[OH-].[OH-]. The second kappa shape index (κ2) is 97.7. The normalized spacial score (nSPS) is 0. The molecule has 0 spiro atoms. The fourth-order valence-corrected chi connectivity index (χ4v) is 0. The van der Waals surface area contributed by atoms with Crippen LogP contribution in [0.5, 0.6) is 0 Å². The van der Waals surface area contributed by atoms with Gasteiger partial charge in [0.2, 0.25) is 0 Å². The topological polar surface area (TPSA) is 154 Å². The van der Waals surface area contributed by atoms with Crippen LogP contribution in [0.15, 0.2) is 0 Å². The molecule has 0 aromatic heterocycles. The van der Waals surface area contributed by atoms with Crippen LogP contribution in [0.4, 0.5) is 0 Å². The summed E-state index contributed by atoms with van der Waals surface area (Å²) in [6.07, 6.45) is 0. The van der Waals surface area contributed by atoms with Crippen LogP contribution >= 0.6 is 0 Å². The summed E-state index contributed by atoms with van der Waals surface area (Å²) < 4.78 is 0. The van der Waals surface area contributed by atoms with E-state index in [1.165, 1.54) is 0 Å². The molecule has 0 unspecified atom stereocenters. The zero-order valence-corrected chi connectivity index (χ0v) is 7.54. The Bertz CT molecular complexity index is 3.90. The van der Waals surface area contributed by atoms with Crippen molar-refractivity contribution >= 4 is 48.9 Å². The van der Waals surface area contributed by atoms with Crippen LogP contribution < -0.4 is 0 Å². The Morgan fingerprint density at radius 1 is 0.500 bits per heavy atom. The molecule has 0 aromatic carbocycles. The van der Waals surface area contributed by atoms with Crippen molar-refractivity contribution in [1.82, 2.24) is 0 Å². The number of rotatable bonds is 0. The van der Waals surface area contributed by atoms with Crippen molar-refractivity contribution < 1.29 is 27.4 Å². The largest absolute Gasteiger partial charge is 2.00 e. The first kappa shape index (κ1) is 159. The average Bonchev–Trinajstić information content (AvgIpc) is 0. The third-order valence-electron chi connectivity index (χ3n) is 0. The number of hydrogen-bond acceptors (Lipinski definition) is 2. The van der Waals surface area contributed by atoms with E-state index in [0.29, 0.717) is 0 Å². The smallest absolute Gasteiger partial charge is 0.870 e. The van der Waals surface area contributed by atoms with Gasteiger partial charge in [-0.25, -0.2) is 0 Å². The van der Waals surface area contributed by atoms with Crippen LogP contribution in [0, 0.1) is 0 Å². The van der Waals surface area contributed by atoms with E-state index < -0.39 is 0 Å². The summed E-state index contributed by atoms with van der Waals surface area (Å²) in [6, 6.07) is 0. The summed E-state index contributed by atoms with van der Waals surface area (Å²) in [5.74, 6) is 0. The maximum Gasteiger partial charge on any atom is 2.00 e. The van der Waals surface area contributed by atoms with Crippen LogP contribution in [-0.4, -0.2) is 76.3 Å². The molecule has 0 heterocycles. The molecule has 0 radical (unpaired) electrons. The van der Waals surface area contributed by atoms with E-state index in [1.54, 1.807) is 0 Å². The maximum absolute atomic E-state index is 0. The molecule has 0 aliphatic heterocycles. The minimum Gasteiger partial charge on any atom is -0.870 e. The molecule has 0 aromatic rings. The van der Waals surface area contributed by atoms with Crippen LogP contribution in [0.1, 0.15) is 0 Å². The van der Waals surface area contributed by atoms with Gasteiger partial charge in [0.05, 0.1) is 0 Å². The van der Waals surface area contributed by atoms with E-state index in [1.807, 2.05) is 0 Å². The van der Waals surface area contributed by atoms with E-state index >= 15 is 0 Å². The molecule has 0 rings (SSSR count). The fraction of sp³-hybridized carbons (Fsp3) is 0. The van der Waals surface area contributed by atoms with Gasteiger partial charge in [-0.2, -0.15) is 0 Å². The molecule has 40 valence electrons. The quantitative estimate of drug-likeness (QED) is 0.398. The monoisotopic (exact) mass is 226 g/mol. The Labute approximate surface area is 75.3 Å². The molecule has 6 heteroatoms. The third-order valence-corrected chi connectivity index (χ3v) is 0. The van der Waals surface area contributed by atoms with Crippen molar-refractivity contribution in [2.75, 3.05) is 0 Å². The standard InChI is InChI=1S/Ba.5H2O/h;5*1H2/q+2;;;;;/p-2. The number of hydrogen-bond donors (Lipinski definition) is 0. The van der Waals surface area contributed by atoms with Gasteiger partial charge in [0.15, 0.2) is 0 Å². The predicted octanol–water partition coefficient (Wildman–Crippen LogP) is -3.21. The maximum atomic E-state index is 0. The first-order valence-electron chi connectivity index (χ1n) is 0. The Morgan fingerprint density at radius 2 is 0.500 bits per heavy atom. The summed E-state index contributed by atoms with van der Waals surface area (Å²) in [5.41, 5.74) is 0. The summed E-state index contributed by atoms with van der Waals surface area (Å²) >= 11 is 0. The molecule has 0 saturated carbocycles. The molecular weight excluding hydrogens is 217 g/mol. The van der Waals surface area contributed by atoms with Gasteiger partial charge in [-0.3, -0.25) is 0 Å². The Kier molecular flexibility index (Phi) is 2590. The Morgan fingerprint density at radius 3 is 0.500 bits per heavy atom. The van der Waals surface area contributed by atoms with Crippen molar-refractivity contribution in [2.45, 2.75) is 0 Å². The minimum atomic E-state index is 0. The van der Waals surface area contributed by atoms with Crippen molar-refractivity contribution in [3.63, 3.8) is 0 Å². The molecule has 5 nitrogen and oxygen atoms in total. The van der Waals surface area contributed by atoms with Gasteiger partial charge in [-0.1, -0.05) is 0 Å². The molecule has 0 fully saturated rings. The molecular formula is H8BaO5. The summed E-state index contributed by atoms with van der Waals surface area (Å²) in [6.45, 7) is 0. The Hall–Kier alpha value is 1.37. The van der Waals surface area contributed by atoms with Crippen molar-refractivity contribution in [2.24, 2.45) is 0 Å². The van der Waals surface area contributed by atoms with E-state index in [-0.39, 0.29) is 76.3 Å². The van der Waals surface area contributed by atoms with Gasteiger partial charge in [0.25, 0.3) is 0 Å². The zero-order valence-electron chi connectivity index (χ0n) is 3.10. The van der Waals surface area contributed by atoms with Crippen molar-refractivity contribution in [1.29, 1.82) is 0 Å². The van der Waals surface area contributed by atoms with Gasteiger partial charge in [-0.05, 0) is 0 Å². The van der Waals surface area contributed by atoms with Gasteiger partial charge in [0, 0.05) is 0 Å². The summed E-state index contributed by atoms with van der Waals surface area (Å²) in [7, 11) is 0. The van der Waals surface area contributed by atoms with Gasteiger partial charge < -0.3 is 27.4 Å². The van der Waals surface area contributed by atoms with E-state index in [0.717, 1.165) is 0 Å². The fourth-order valence-electron chi connectivity index (χ4n) is 0. The summed E-state index contributed by atoms with van der Waals surface area (Å²) in [4.78, 5) is 0. The second-order valence-electron chi connectivity index (χ2n) is 0. The van der Waals surface area contributed by atoms with Crippen LogP contribution in [0.3, 0.4) is 0 Å². The van der Waals surface area contributed by atoms with Gasteiger partial charge >= 0.3 is 48.9 Å². The molecule has 0 aliphatic carbocycles. The Balaban J connectivity index is 0. The van der Waals surface area contributed by atoms with Crippen LogP contribution in [-0.2, 0) is 0 Å².